The smallest absolute Gasteiger partial charge is 0.270 e. The molecular formula is C16H8Cl3N3O3. The summed E-state index contributed by atoms with van der Waals surface area (Å²) in [5.41, 5.74) is -0.0744. The Bertz CT molecular complexity index is 936. The van der Waals surface area contributed by atoms with Crippen molar-refractivity contribution in [3.63, 3.8) is 0 Å². The lowest BCUT2D eigenvalue weighted by Crippen LogP contribution is -2.13. The van der Waals surface area contributed by atoms with Crippen LogP contribution < -0.4 is 5.32 Å². The molecule has 0 radical (unpaired) electrons. The number of carbonyl (C=O) groups is 1. The number of carbonyl (C=O) groups excluding carboxylic acids is 1. The van der Waals surface area contributed by atoms with Crippen molar-refractivity contribution in [3.05, 3.63) is 72.7 Å². The molecule has 126 valence electrons. The van der Waals surface area contributed by atoms with Gasteiger partial charge in [0.2, 0.25) is 0 Å². The Kier molecular flexibility index (Phi) is 5.99. The van der Waals surface area contributed by atoms with E-state index in [1.165, 1.54) is 36.4 Å². The van der Waals surface area contributed by atoms with E-state index >= 15 is 0 Å². The number of hydrogen-bond donors (Lipinski definition) is 1. The van der Waals surface area contributed by atoms with Crippen LogP contribution in [0.4, 0.5) is 11.4 Å². The minimum absolute atomic E-state index is 0.163. The Morgan fingerprint density at radius 1 is 1.16 bits per heavy atom. The lowest BCUT2D eigenvalue weighted by atomic mass is 10.1. The number of amides is 1. The zero-order chi connectivity index (χ0) is 18.6. The molecule has 1 amide bonds. The summed E-state index contributed by atoms with van der Waals surface area (Å²) in [6.45, 7) is 0. The Morgan fingerprint density at radius 3 is 2.48 bits per heavy atom. The molecule has 0 saturated carbocycles. The first kappa shape index (κ1) is 18.7. The van der Waals surface area contributed by atoms with Crippen LogP contribution in [0.1, 0.15) is 5.56 Å². The van der Waals surface area contributed by atoms with Crippen LogP contribution in [0.15, 0.2) is 42.0 Å². The van der Waals surface area contributed by atoms with E-state index in [1.54, 1.807) is 6.07 Å². The highest BCUT2D eigenvalue weighted by Gasteiger charge is 2.14. The van der Waals surface area contributed by atoms with Gasteiger partial charge in [-0.05, 0) is 30.3 Å². The Balaban J connectivity index is 2.34. The molecule has 1 N–H and O–H groups in total. The number of nitro benzene ring substituents is 1. The highest BCUT2D eigenvalue weighted by molar-refractivity contribution is 6.37. The maximum absolute atomic E-state index is 12.2. The van der Waals surface area contributed by atoms with Crippen molar-refractivity contribution in [1.29, 1.82) is 5.26 Å². The summed E-state index contributed by atoms with van der Waals surface area (Å²) in [6, 6.07) is 9.88. The maximum atomic E-state index is 12.2. The fraction of sp³-hybridized carbons (Fsp3) is 0. The molecule has 0 aliphatic rings. The molecular weight excluding hydrogens is 389 g/mol. The van der Waals surface area contributed by atoms with Crippen molar-refractivity contribution in [2.45, 2.75) is 0 Å². The molecule has 0 atom stereocenters. The second-order valence-corrected chi connectivity index (χ2v) is 5.96. The van der Waals surface area contributed by atoms with Crippen molar-refractivity contribution in [3.8, 4) is 6.07 Å². The third-order valence-corrected chi connectivity index (χ3v) is 3.93. The molecule has 0 aromatic heterocycles. The number of rotatable bonds is 4. The molecule has 0 heterocycles. The predicted octanol–water partition coefficient (Wildman–Crippen LogP) is 5.10. The maximum Gasteiger partial charge on any atom is 0.270 e. The number of anilines is 1. The van der Waals surface area contributed by atoms with Gasteiger partial charge in [0.15, 0.2) is 0 Å². The van der Waals surface area contributed by atoms with Gasteiger partial charge in [-0.25, -0.2) is 0 Å². The summed E-state index contributed by atoms with van der Waals surface area (Å²) in [5.74, 6) is -0.741. The molecule has 0 spiro atoms. The average molecular weight is 397 g/mol. The van der Waals surface area contributed by atoms with Crippen molar-refractivity contribution >= 4 is 58.2 Å². The zero-order valence-electron chi connectivity index (χ0n) is 12.3. The molecule has 0 saturated heterocycles. The van der Waals surface area contributed by atoms with Gasteiger partial charge in [0.05, 0.1) is 15.6 Å². The van der Waals surface area contributed by atoms with E-state index in [0.717, 1.165) is 6.08 Å². The van der Waals surface area contributed by atoms with Crippen LogP contribution in [0.2, 0.25) is 15.1 Å². The molecule has 0 aliphatic heterocycles. The average Bonchev–Trinajstić information content (AvgIpc) is 2.56. The third kappa shape index (κ3) is 4.70. The number of nitro groups is 1. The van der Waals surface area contributed by atoms with E-state index in [-0.39, 0.29) is 32.6 Å². The summed E-state index contributed by atoms with van der Waals surface area (Å²) in [4.78, 5) is 22.5. The molecule has 0 unspecified atom stereocenters. The highest BCUT2D eigenvalue weighted by atomic mass is 35.5. The highest BCUT2D eigenvalue weighted by Crippen LogP contribution is 2.27. The van der Waals surface area contributed by atoms with Crippen molar-refractivity contribution in [1.82, 2.24) is 0 Å². The Labute approximate surface area is 157 Å². The number of nitrogens with zero attached hydrogens (tertiary/aromatic N) is 2. The number of benzene rings is 2. The van der Waals surface area contributed by atoms with Gasteiger partial charge in [-0.3, -0.25) is 14.9 Å². The first-order chi connectivity index (χ1) is 11.8. The van der Waals surface area contributed by atoms with Gasteiger partial charge in [0.25, 0.3) is 11.6 Å². The normalized spacial score (nSPS) is 10.9. The fourth-order valence-electron chi connectivity index (χ4n) is 1.84. The second-order valence-electron chi connectivity index (χ2n) is 4.71. The second kappa shape index (κ2) is 7.99. The van der Waals surface area contributed by atoms with E-state index in [4.69, 9.17) is 34.8 Å². The van der Waals surface area contributed by atoms with Gasteiger partial charge in [-0.2, -0.15) is 5.26 Å². The zero-order valence-corrected chi connectivity index (χ0v) is 14.6. The van der Waals surface area contributed by atoms with E-state index < -0.39 is 10.8 Å². The van der Waals surface area contributed by atoms with Crippen LogP contribution in [-0.4, -0.2) is 10.8 Å². The quantitative estimate of drug-likeness (QED) is 0.336. The number of hydrogen-bond acceptors (Lipinski definition) is 4. The number of halogens is 3. The SMILES string of the molecule is N#C/C(=C\c1cc([N+](=O)[O-])ccc1Cl)C(=O)Nc1ccc(Cl)cc1Cl. The first-order valence-electron chi connectivity index (χ1n) is 6.64. The monoisotopic (exact) mass is 395 g/mol. The summed E-state index contributed by atoms with van der Waals surface area (Å²) < 4.78 is 0. The molecule has 2 aromatic carbocycles. The number of nitriles is 1. The van der Waals surface area contributed by atoms with E-state index in [0.29, 0.717) is 5.02 Å². The van der Waals surface area contributed by atoms with Gasteiger partial charge in [-0.15, -0.1) is 0 Å². The van der Waals surface area contributed by atoms with Crippen molar-refractivity contribution < 1.29 is 9.72 Å². The molecule has 2 rings (SSSR count). The number of nitrogens with one attached hydrogen (secondary N) is 1. The molecule has 25 heavy (non-hydrogen) atoms. The predicted molar refractivity (Wildman–Crippen MR) is 96.8 cm³/mol. The van der Waals surface area contributed by atoms with Crippen LogP contribution in [0, 0.1) is 21.4 Å². The molecule has 0 fully saturated rings. The molecule has 9 heteroatoms. The van der Waals surface area contributed by atoms with Gasteiger partial charge in [0.1, 0.15) is 11.6 Å². The molecule has 6 nitrogen and oxygen atoms in total. The van der Waals surface area contributed by atoms with Crippen molar-refractivity contribution in [2.24, 2.45) is 0 Å². The topological polar surface area (TPSA) is 96.0 Å². The molecule has 2 aromatic rings. The standard InChI is InChI=1S/C16H8Cl3N3O3/c17-11-1-4-15(14(19)7-11)21-16(23)10(8-20)5-9-6-12(22(24)25)2-3-13(9)18/h1-7H,(H,21,23)/b10-5+. The van der Waals surface area contributed by atoms with Crippen LogP contribution in [0.5, 0.6) is 0 Å². The largest absolute Gasteiger partial charge is 0.320 e. The molecule has 0 bridgehead atoms. The van der Waals surface area contributed by atoms with Gasteiger partial charge in [-0.1, -0.05) is 34.8 Å². The summed E-state index contributed by atoms with van der Waals surface area (Å²) in [5, 5.41) is 23.3. The minimum Gasteiger partial charge on any atom is -0.320 e. The number of non-ortho nitro benzene ring substituents is 1. The van der Waals surface area contributed by atoms with E-state index in [9.17, 15) is 20.2 Å². The van der Waals surface area contributed by atoms with Crippen LogP contribution >= 0.6 is 34.8 Å². The van der Waals surface area contributed by atoms with Gasteiger partial charge in [0, 0.05) is 27.7 Å². The van der Waals surface area contributed by atoms with Crippen LogP contribution in [0.25, 0.3) is 6.08 Å². The molecule has 0 aliphatic carbocycles. The summed E-state index contributed by atoms with van der Waals surface area (Å²) in [6.07, 6.45) is 1.16. The Morgan fingerprint density at radius 2 is 1.88 bits per heavy atom. The summed E-state index contributed by atoms with van der Waals surface area (Å²) in [7, 11) is 0. The third-order valence-electron chi connectivity index (χ3n) is 3.03. The lowest BCUT2D eigenvalue weighted by molar-refractivity contribution is -0.384. The fourth-order valence-corrected chi connectivity index (χ4v) is 2.47. The minimum atomic E-state index is -0.741. The van der Waals surface area contributed by atoms with Crippen molar-refractivity contribution in [2.75, 3.05) is 5.32 Å². The van der Waals surface area contributed by atoms with Crippen LogP contribution in [0.3, 0.4) is 0 Å². The van der Waals surface area contributed by atoms with E-state index in [2.05, 4.69) is 5.32 Å². The summed E-state index contributed by atoms with van der Waals surface area (Å²) >= 11 is 17.7. The lowest BCUT2D eigenvalue weighted by Gasteiger charge is -2.07. The van der Waals surface area contributed by atoms with Gasteiger partial charge >= 0.3 is 0 Å². The van der Waals surface area contributed by atoms with Crippen LogP contribution in [-0.2, 0) is 4.79 Å². The first-order valence-corrected chi connectivity index (χ1v) is 7.77. The van der Waals surface area contributed by atoms with Gasteiger partial charge < -0.3 is 5.32 Å². The van der Waals surface area contributed by atoms with E-state index in [1.807, 2.05) is 0 Å². The Hall–Kier alpha value is -2.59.